The summed E-state index contributed by atoms with van der Waals surface area (Å²) in [6.07, 6.45) is 3.31. The Labute approximate surface area is 122 Å². The van der Waals surface area contributed by atoms with E-state index in [9.17, 15) is 9.90 Å². The zero-order chi connectivity index (χ0) is 14.7. The molecule has 21 heavy (non-hydrogen) atoms. The van der Waals surface area contributed by atoms with Gasteiger partial charge in [0.25, 0.3) is 0 Å². The zero-order valence-electron chi connectivity index (χ0n) is 11.6. The van der Waals surface area contributed by atoms with Crippen LogP contribution >= 0.6 is 0 Å². The van der Waals surface area contributed by atoms with Crippen LogP contribution in [0.3, 0.4) is 0 Å². The van der Waals surface area contributed by atoms with Crippen LogP contribution in [0.4, 0.5) is 10.5 Å². The van der Waals surface area contributed by atoms with Gasteiger partial charge >= 0.3 is 6.03 Å². The van der Waals surface area contributed by atoms with Gasteiger partial charge in [0.1, 0.15) is 0 Å². The number of carbonyl (C=O) groups is 1. The summed E-state index contributed by atoms with van der Waals surface area (Å²) in [7, 11) is 0. The van der Waals surface area contributed by atoms with E-state index in [2.05, 4.69) is 26.1 Å². The van der Waals surface area contributed by atoms with E-state index in [-0.39, 0.29) is 12.6 Å². The number of aromatic nitrogens is 2. The van der Waals surface area contributed by atoms with Crippen molar-refractivity contribution in [3.63, 3.8) is 0 Å². The van der Waals surface area contributed by atoms with Gasteiger partial charge in [0.15, 0.2) is 0 Å². The van der Waals surface area contributed by atoms with Gasteiger partial charge in [0, 0.05) is 24.2 Å². The monoisotopic (exact) mass is 289 g/mol. The summed E-state index contributed by atoms with van der Waals surface area (Å²) in [6.45, 7) is 1.66. The number of nitrogens with one attached hydrogen (secondary N) is 4. The largest absolute Gasteiger partial charge is 0.387 e. The van der Waals surface area contributed by atoms with Crippen molar-refractivity contribution in [3.05, 3.63) is 24.4 Å². The third-order valence-electron chi connectivity index (χ3n) is 3.73. The molecular formula is C14H19N5O2. The first kappa shape index (κ1) is 13.8. The summed E-state index contributed by atoms with van der Waals surface area (Å²) >= 11 is 0. The lowest BCUT2D eigenvalue weighted by molar-refractivity contribution is 0.0198. The fourth-order valence-corrected chi connectivity index (χ4v) is 2.54. The fourth-order valence-electron chi connectivity index (χ4n) is 2.54. The maximum absolute atomic E-state index is 11.9. The zero-order valence-corrected chi connectivity index (χ0v) is 11.6. The van der Waals surface area contributed by atoms with Gasteiger partial charge < -0.3 is 21.1 Å². The molecule has 7 nitrogen and oxygen atoms in total. The predicted molar refractivity (Wildman–Crippen MR) is 80.2 cm³/mol. The topological polar surface area (TPSA) is 102 Å². The minimum absolute atomic E-state index is 0.236. The Morgan fingerprint density at radius 1 is 1.48 bits per heavy atom. The summed E-state index contributed by atoms with van der Waals surface area (Å²) in [5.41, 5.74) is 0.753. The number of hydrogen-bond donors (Lipinski definition) is 5. The molecule has 0 radical (unpaired) electrons. The van der Waals surface area contributed by atoms with Crippen LogP contribution in [-0.4, -0.2) is 46.6 Å². The van der Waals surface area contributed by atoms with Crippen molar-refractivity contribution < 1.29 is 9.90 Å². The number of piperidine rings is 1. The first-order valence-electron chi connectivity index (χ1n) is 7.06. The van der Waals surface area contributed by atoms with Gasteiger partial charge in [-0.2, -0.15) is 5.10 Å². The molecule has 0 saturated carbocycles. The minimum atomic E-state index is -0.857. The third kappa shape index (κ3) is 3.32. The van der Waals surface area contributed by atoms with E-state index in [1.54, 1.807) is 12.3 Å². The number of aliphatic hydroxyl groups is 1. The Morgan fingerprint density at radius 3 is 3.19 bits per heavy atom. The van der Waals surface area contributed by atoms with E-state index in [4.69, 9.17) is 0 Å². The number of benzene rings is 1. The van der Waals surface area contributed by atoms with Crippen LogP contribution in [-0.2, 0) is 0 Å². The Hall–Kier alpha value is -2.12. The quantitative estimate of drug-likeness (QED) is 0.577. The van der Waals surface area contributed by atoms with Crippen LogP contribution in [0.1, 0.15) is 12.8 Å². The molecule has 0 aliphatic carbocycles. The number of fused-ring (bicyclic) bond motifs is 1. The second kappa shape index (κ2) is 5.71. The first-order valence-corrected chi connectivity index (χ1v) is 7.06. The molecule has 3 rings (SSSR count). The molecule has 5 N–H and O–H groups in total. The molecule has 7 heteroatoms. The lowest BCUT2D eigenvalue weighted by atomic mass is 9.94. The standard InChI is InChI=1S/C14H19N5O2/c20-13(16-9-14(21)4-1-5-15-8-14)18-11-2-3-12-10(6-11)7-17-19-12/h2-3,6-7,15,21H,1,4-5,8-9H2,(H,17,19)(H2,16,18,20)/t14-/m0/s1. The van der Waals surface area contributed by atoms with E-state index in [0.717, 1.165) is 23.9 Å². The summed E-state index contributed by atoms with van der Waals surface area (Å²) in [4.78, 5) is 11.9. The van der Waals surface area contributed by atoms with Crippen molar-refractivity contribution in [1.29, 1.82) is 0 Å². The van der Waals surface area contributed by atoms with Crippen molar-refractivity contribution in [2.75, 3.05) is 25.0 Å². The molecule has 0 bridgehead atoms. The number of rotatable bonds is 3. The van der Waals surface area contributed by atoms with Crippen LogP contribution < -0.4 is 16.0 Å². The highest BCUT2D eigenvalue weighted by molar-refractivity contribution is 5.92. The van der Waals surface area contributed by atoms with Gasteiger partial charge in [-0.1, -0.05) is 0 Å². The molecule has 1 aliphatic heterocycles. The summed E-state index contributed by atoms with van der Waals surface area (Å²) in [5.74, 6) is 0. The van der Waals surface area contributed by atoms with E-state index < -0.39 is 5.60 Å². The van der Waals surface area contributed by atoms with E-state index in [1.165, 1.54) is 0 Å². The molecule has 0 spiro atoms. The van der Waals surface area contributed by atoms with E-state index >= 15 is 0 Å². The number of hydrogen-bond acceptors (Lipinski definition) is 4. The van der Waals surface area contributed by atoms with Gasteiger partial charge in [-0.3, -0.25) is 5.10 Å². The Balaban J connectivity index is 1.55. The number of aromatic amines is 1. The number of β-amino-alcohol motifs (C(OH)–C–C–N with tert-alkyl or cyclic N) is 1. The van der Waals surface area contributed by atoms with Crippen molar-refractivity contribution in [2.45, 2.75) is 18.4 Å². The highest BCUT2D eigenvalue weighted by Gasteiger charge is 2.29. The second-order valence-corrected chi connectivity index (χ2v) is 5.48. The normalized spacial score (nSPS) is 22.1. The molecule has 1 aliphatic rings. The number of carbonyl (C=O) groups excluding carboxylic acids is 1. The van der Waals surface area contributed by atoms with E-state index in [1.807, 2.05) is 12.1 Å². The lowest BCUT2D eigenvalue weighted by Gasteiger charge is -2.32. The molecular weight excluding hydrogens is 270 g/mol. The lowest BCUT2D eigenvalue weighted by Crippen LogP contribution is -2.53. The smallest absolute Gasteiger partial charge is 0.319 e. The number of urea groups is 1. The van der Waals surface area contributed by atoms with Crippen LogP contribution in [0.15, 0.2) is 24.4 Å². The van der Waals surface area contributed by atoms with Crippen LogP contribution in [0.5, 0.6) is 0 Å². The fraction of sp³-hybridized carbons (Fsp3) is 0.429. The molecule has 1 fully saturated rings. The third-order valence-corrected chi connectivity index (χ3v) is 3.73. The van der Waals surface area contributed by atoms with E-state index in [0.29, 0.717) is 18.7 Å². The molecule has 0 unspecified atom stereocenters. The number of anilines is 1. The minimum Gasteiger partial charge on any atom is -0.387 e. The molecule has 1 aromatic carbocycles. The molecule has 2 amide bonds. The van der Waals surface area contributed by atoms with Crippen molar-refractivity contribution in [3.8, 4) is 0 Å². The highest BCUT2D eigenvalue weighted by Crippen LogP contribution is 2.17. The maximum atomic E-state index is 11.9. The summed E-state index contributed by atoms with van der Waals surface area (Å²) in [5, 5.41) is 26.6. The van der Waals surface area contributed by atoms with Crippen LogP contribution in [0, 0.1) is 0 Å². The van der Waals surface area contributed by atoms with Crippen molar-refractivity contribution in [2.24, 2.45) is 0 Å². The van der Waals surface area contributed by atoms with Crippen molar-refractivity contribution in [1.82, 2.24) is 20.8 Å². The average molecular weight is 289 g/mol. The number of amides is 2. The van der Waals surface area contributed by atoms with Gasteiger partial charge in [-0.25, -0.2) is 4.79 Å². The molecule has 2 heterocycles. The SMILES string of the molecule is O=C(NC[C@]1(O)CCCNC1)Nc1ccc2[nH]ncc2c1. The Morgan fingerprint density at radius 2 is 2.38 bits per heavy atom. The Kier molecular flexibility index (Phi) is 3.76. The highest BCUT2D eigenvalue weighted by atomic mass is 16.3. The number of nitrogens with zero attached hydrogens (tertiary/aromatic N) is 1. The van der Waals surface area contributed by atoms with Crippen LogP contribution in [0.25, 0.3) is 10.9 Å². The Bertz CT molecular complexity index is 633. The van der Waals surface area contributed by atoms with Gasteiger partial charge in [-0.15, -0.1) is 0 Å². The molecule has 1 atom stereocenters. The van der Waals surface area contributed by atoms with Gasteiger partial charge in [-0.05, 0) is 37.6 Å². The molecule has 112 valence electrons. The second-order valence-electron chi connectivity index (χ2n) is 5.48. The van der Waals surface area contributed by atoms with Crippen molar-refractivity contribution >= 4 is 22.6 Å². The predicted octanol–water partition coefficient (Wildman–Crippen LogP) is 0.799. The molecule has 2 aromatic rings. The van der Waals surface area contributed by atoms with Gasteiger partial charge in [0.2, 0.25) is 0 Å². The summed E-state index contributed by atoms with van der Waals surface area (Å²) < 4.78 is 0. The number of H-pyrrole nitrogens is 1. The average Bonchev–Trinajstić information content (AvgIpc) is 2.94. The van der Waals surface area contributed by atoms with Crippen LogP contribution in [0.2, 0.25) is 0 Å². The van der Waals surface area contributed by atoms with Gasteiger partial charge in [0.05, 0.1) is 17.3 Å². The molecule has 1 aromatic heterocycles. The maximum Gasteiger partial charge on any atom is 0.319 e. The summed E-state index contributed by atoms with van der Waals surface area (Å²) in [6, 6.07) is 5.18. The molecule has 1 saturated heterocycles. The first-order chi connectivity index (χ1) is 10.1.